The van der Waals surface area contributed by atoms with E-state index >= 15 is 0 Å². The van der Waals surface area contributed by atoms with Crippen LogP contribution in [0.1, 0.15) is 24.1 Å². The smallest absolute Gasteiger partial charge is 0.122 e. The van der Waals surface area contributed by atoms with Crippen molar-refractivity contribution in [2.75, 3.05) is 13.2 Å². The summed E-state index contributed by atoms with van der Waals surface area (Å²) in [6.07, 6.45) is 6.67. The van der Waals surface area contributed by atoms with Gasteiger partial charge in [-0.05, 0) is 24.1 Å². The van der Waals surface area contributed by atoms with E-state index < -0.39 is 0 Å². The molecule has 1 N–H and O–H groups in total. The Bertz CT molecular complexity index is 536. The number of fused-ring (bicyclic) bond motifs is 1. The lowest BCUT2D eigenvalue weighted by Gasteiger charge is -2.15. The van der Waals surface area contributed by atoms with Gasteiger partial charge >= 0.3 is 0 Å². The van der Waals surface area contributed by atoms with Gasteiger partial charge in [-0.1, -0.05) is 12.1 Å². The van der Waals surface area contributed by atoms with Crippen molar-refractivity contribution in [2.24, 2.45) is 0 Å². The summed E-state index contributed by atoms with van der Waals surface area (Å²) >= 11 is 0. The van der Waals surface area contributed by atoms with E-state index in [0.29, 0.717) is 6.04 Å². The van der Waals surface area contributed by atoms with E-state index in [4.69, 9.17) is 4.74 Å². The van der Waals surface area contributed by atoms with E-state index in [0.717, 1.165) is 31.9 Å². The van der Waals surface area contributed by atoms with Crippen LogP contribution in [0.15, 0.2) is 36.9 Å². The molecule has 0 saturated heterocycles. The van der Waals surface area contributed by atoms with Crippen LogP contribution >= 0.6 is 0 Å². The molecule has 0 radical (unpaired) electrons. The van der Waals surface area contributed by atoms with E-state index in [1.807, 2.05) is 18.7 Å². The Labute approximate surface area is 113 Å². The first-order chi connectivity index (χ1) is 9.33. The van der Waals surface area contributed by atoms with Crippen LogP contribution in [0.5, 0.6) is 5.75 Å². The van der Waals surface area contributed by atoms with Crippen LogP contribution in [0.25, 0.3) is 0 Å². The van der Waals surface area contributed by atoms with Crippen LogP contribution in [0.2, 0.25) is 0 Å². The number of hydrogen-bond acceptors (Lipinski definition) is 3. The van der Waals surface area contributed by atoms with Gasteiger partial charge in [0.2, 0.25) is 0 Å². The summed E-state index contributed by atoms with van der Waals surface area (Å²) in [6.45, 7) is 4.90. The lowest BCUT2D eigenvalue weighted by molar-refractivity contribution is 0.356. The molecule has 1 aromatic heterocycles. The van der Waals surface area contributed by atoms with Crippen molar-refractivity contribution < 1.29 is 4.74 Å². The summed E-state index contributed by atoms with van der Waals surface area (Å²) in [7, 11) is 0. The Morgan fingerprint density at radius 3 is 3.26 bits per heavy atom. The Morgan fingerprint density at radius 2 is 2.42 bits per heavy atom. The number of imidazole rings is 1. The van der Waals surface area contributed by atoms with E-state index in [2.05, 4.69) is 40.0 Å². The van der Waals surface area contributed by atoms with Crippen LogP contribution in [-0.2, 0) is 13.0 Å². The molecule has 1 atom stereocenters. The lowest BCUT2D eigenvalue weighted by atomic mass is 10.0. The second kappa shape index (κ2) is 5.45. The third-order valence-corrected chi connectivity index (χ3v) is 3.59. The van der Waals surface area contributed by atoms with Crippen molar-refractivity contribution in [1.29, 1.82) is 0 Å². The number of nitrogens with zero attached hydrogens (tertiary/aromatic N) is 2. The molecular weight excluding hydrogens is 238 g/mol. The largest absolute Gasteiger partial charge is 0.493 e. The molecule has 0 spiro atoms. The quantitative estimate of drug-likeness (QED) is 0.892. The zero-order valence-corrected chi connectivity index (χ0v) is 11.2. The molecule has 0 bridgehead atoms. The number of rotatable bonds is 5. The number of ether oxygens (including phenoxy) is 1. The molecule has 1 aromatic carbocycles. The number of hydrogen-bond donors (Lipinski definition) is 1. The summed E-state index contributed by atoms with van der Waals surface area (Å²) in [5.74, 6) is 1.05. The Kier molecular flexibility index (Phi) is 3.51. The topological polar surface area (TPSA) is 39.1 Å². The van der Waals surface area contributed by atoms with E-state index in [-0.39, 0.29) is 0 Å². The Balaban J connectivity index is 1.56. The molecule has 0 fully saturated rings. The van der Waals surface area contributed by atoms with Gasteiger partial charge in [0.05, 0.1) is 12.9 Å². The standard InChI is InChI=1S/C15H19N3O/c1-12(17-6-8-18-7-5-16-11-18)13-2-3-15-14(10-13)4-9-19-15/h2-3,5,7,10-12,17H,4,6,8-9H2,1H3. The van der Waals surface area contributed by atoms with Crippen LogP contribution in [0.4, 0.5) is 0 Å². The number of aromatic nitrogens is 2. The summed E-state index contributed by atoms with van der Waals surface area (Å²) in [5.41, 5.74) is 2.66. The van der Waals surface area contributed by atoms with Gasteiger partial charge in [0.25, 0.3) is 0 Å². The molecule has 3 rings (SSSR count). The molecule has 4 heteroatoms. The van der Waals surface area contributed by atoms with Gasteiger partial charge in [-0.2, -0.15) is 0 Å². The number of nitrogens with one attached hydrogen (secondary N) is 1. The molecule has 4 nitrogen and oxygen atoms in total. The van der Waals surface area contributed by atoms with Crippen LogP contribution < -0.4 is 10.1 Å². The normalized spacial score (nSPS) is 15.0. The second-order valence-electron chi connectivity index (χ2n) is 4.94. The van der Waals surface area contributed by atoms with E-state index in [9.17, 15) is 0 Å². The summed E-state index contributed by atoms with van der Waals surface area (Å²) in [4.78, 5) is 4.04. The summed E-state index contributed by atoms with van der Waals surface area (Å²) in [6, 6.07) is 6.86. The minimum absolute atomic E-state index is 0.356. The highest BCUT2D eigenvalue weighted by atomic mass is 16.5. The fraction of sp³-hybridized carbons (Fsp3) is 0.400. The predicted molar refractivity (Wildman–Crippen MR) is 74.3 cm³/mol. The van der Waals surface area contributed by atoms with Crippen LogP contribution in [0.3, 0.4) is 0 Å². The van der Waals surface area contributed by atoms with Gasteiger partial charge in [0, 0.05) is 37.9 Å². The first-order valence-corrected chi connectivity index (χ1v) is 6.77. The zero-order chi connectivity index (χ0) is 13.1. The van der Waals surface area contributed by atoms with E-state index in [1.165, 1.54) is 11.1 Å². The SMILES string of the molecule is CC(NCCn1ccnc1)c1ccc2c(c1)CCO2. The van der Waals surface area contributed by atoms with Crippen molar-refractivity contribution in [2.45, 2.75) is 25.9 Å². The van der Waals surface area contributed by atoms with E-state index in [1.54, 1.807) is 0 Å². The zero-order valence-electron chi connectivity index (χ0n) is 11.2. The summed E-state index contributed by atoms with van der Waals surface area (Å²) in [5, 5.41) is 3.54. The molecule has 2 heterocycles. The van der Waals surface area contributed by atoms with Gasteiger partial charge in [0.1, 0.15) is 5.75 Å². The maximum Gasteiger partial charge on any atom is 0.122 e. The van der Waals surface area contributed by atoms with Gasteiger partial charge in [-0.15, -0.1) is 0 Å². The molecular formula is C15H19N3O. The average molecular weight is 257 g/mol. The van der Waals surface area contributed by atoms with Crippen molar-refractivity contribution in [3.05, 3.63) is 48.0 Å². The van der Waals surface area contributed by atoms with Gasteiger partial charge in [0.15, 0.2) is 0 Å². The van der Waals surface area contributed by atoms with Gasteiger partial charge in [-0.3, -0.25) is 0 Å². The maximum absolute atomic E-state index is 5.53. The highest BCUT2D eigenvalue weighted by Gasteiger charge is 2.14. The molecule has 100 valence electrons. The molecule has 1 aliphatic rings. The molecule has 1 aliphatic heterocycles. The molecule has 19 heavy (non-hydrogen) atoms. The third-order valence-electron chi connectivity index (χ3n) is 3.59. The second-order valence-corrected chi connectivity index (χ2v) is 4.94. The van der Waals surface area contributed by atoms with Gasteiger partial charge < -0.3 is 14.6 Å². The van der Waals surface area contributed by atoms with Gasteiger partial charge in [-0.25, -0.2) is 4.98 Å². The average Bonchev–Trinajstić information content (AvgIpc) is 3.08. The monoisotopic (exact) mass is 257 g/mol. The van der Waals surface area contributed by atoms with Crippen molar-refractivity contribution in [3.63, 3.8) is 0 Å². The fourth-order valence-corrected chi connectivity index (χ4v) is 2.42. The fourth-order valence-electron chi connectivity index (χ4n) is 2.42. The minimum atomic E-state index is 0.356. The summed E-state index contributed by atoms with van der Waals surface area (Å²) < 4.78 is 7.61. The minimum Gasteiger partial charge on any atom is -0.493 e. The highest BCUT2D eigenvalue weighted by Crippen LogP contribution is 2.27. The number of benzene rings is 1. The molecule has 0 aliphatic carbocycles. The molecule has 2 aromatic rings. The van der Waals surface area contributed by atoms with Crippen molar-refractivity contribution in [1.82, 2.24) is 14.9 Å². The van der Waals surface area contributed by atoms with Crippen molar-refractivity contribution >= 4 is 0 Å². The predicted octanol–water partition coefficient (Wildman–Crippen LogP) is 2.17. The van der Waals surface area contributed by atoms with Crippen LogP contribution in [-0.4, -0.2) is 22.7 Å². The van der Waals surface area contributed by atoms with Crippen molar-refractivity contribution in [3.8, 4) is 5.75 Å². The third kappa shape index (κ3) is 2.79. The first-order valence-electron chi connectivity index (χ1n) is 6.77. The molecule has 1 unspecified atom stereocenters. The molecule has 0 saturated carbocycles. The molecule has 0 amide bonds. The lowest BCUT2D eigenvalue weighted by Crippen LogP contribution is -2.23. The maximum atomic E-state index is 5.53. The first kappa shape index (κ1) is 12.2. The highest BCUT2D eigenvalue weighted by molar-refractivity contribution is 5.40. The van der Waals surface area contributed by atoms with Crippen LogP contribution in [0, 0.1) is 0 Å². The Morgan fingerprint density at radius 1 is 1.47 bits per heavy atom. The Hall–Kier alpha value is -1.81.